The SMILES string of the molecule is C#CCC(N)c1ccc(C)c(C)n1. The minimum atomic E-state index is -0.135. The fourth-order valence-electron chi connectivity index (χ4n) is 1.09. The molecule has 0 aliphatic heterocycles. The molecule has 0 saturated carbocycles. The summed E-state index contributed by atoms with van der Waals surface area (Å²) in [5, 5.41) is 0. The van der Waals surface area contributed by atoms with Gasteiger partial charge in [-0.25, -0.2) is 0 Å². The van der Waals surface area contributed by atoms with Gasteiger partial charge in [0.1, 0.15) is 0 Å². The zero-order valence-corrected chi connectivity index (χ0v) is 8.04. The lowest BCUT2D eigenvalue weighted by molar-refractivity contribution is 0.720. The first-order valence-corrected chi connectivity index (χ1v) is 4.28. The van der Waals surface area contributed by atoms with E-state index in [9.17, 15) is 0 Å². The highest BCUT2D eigenvalue weighted by Crippen LogP contribution is 2.13. The first kappa shape index (κ1) is 9.76. The average molecular weight is 174 g/mol. The molecule has 0 spiro atoms. The lowest BCUT2D eigenvalue weighted by Crippen LogP contribution is -2.11. The van der Waals surface area contributed by atoms with Crippen molar-refractivity contribution in [1.29, 1.82) is 0 Å². The zero-order chi connectivity index (χ0) is 9.84. The van der Waals surface area contributed by atoms with Crippen molar-refractivity contribution in [3.05, 3.63) is 29.1 Å². The second kappa shape index (κ2) is 4.06. The molecule has 2 nitrogen and oxygen atoms in total. The largest absolute Gasteiger partial charge is 0.322 e. The predicted octanol–water partition coefficient (Wildman–Crippen LogP) is 1.72. The Labute approximate surface area is 79.2 Å². The minimum Gasteiger partial charge on any atom is -0.322 e. The molecule has 0 aromatic carbocycles. The van der Waals surface area contributed by atoms with E-state index in [0.717, 1.165) is 11.4 Å². The van der Waals surface area contributed by atoms with Gasteiger partial charge in [-0.1, -0.05) is 6.07 Å². The lowest BCUT2D eigenvalue weighted by Gasteiger charge is -2.09. The molecule has 68 valence electrons. The Kier molecular flexibility index (Phi) is 3.05. The maximum Gasteiger partial charge on any atom is 0.0584 e. The molecule has 1 heterocycles. The second-order valence-electron chi connectivity index (χ2n) is 3.15. The summed E-state index contributed by atoms with van der Waals surface area (Å²) in [5.41, 5.74) is 8.89. The van der Waals surface area contributed by atoms with Crippen LogP contribution >= 0.6 is 0 Å². The fourth-order valence-corrected chi connectivity index (χ4v) is 1.09. The van der Waals surface area contributed by atoms with Crippen LogP contribution in [0.15, 0.2) is 12.1 Å². The first-order chi connectivity index (χ1) is 6.15. The Morgan fingerprint density at radius 3 is 2.77 bits per heavy atom. The molecular formula is C11H14N2. The van der Waals surface area contributed by atoms with E-state index < -0.39 is 0 Å². The Morgan fingerprint density at radius 1 is 1.54 bits per heavy atom. The third-order valence-corrected chi connectivity index (χ3v) is 2.09. The van der Waals surface area contributed by atoms with Gasteiger partial charge in [0.15, 0.2) is 0 Å². The van der Waals surface area contributed by atoms with E-state index in [1.807, 2.05) is 26.0 Å². The van der Waals surface area contributed by atoms with Crippen LogP contribution in [0, 0.1) is 26.2 Å². The number of nitrogens with zero attached hydrogens (tertiary/aromatic N) is 1. The van der Waals surface area contributed by atoms with E-state index in [-0.39, 0.29) is 6.04 Å². The fraction of sp³-hybridized carbons (Fsp3) is 0.364. The number of aromatic nitrogens is 1. The Morgan fingerprint density at radius 2 is 2.23 bits per heavy atom. The van der Waals surface area contributed by atoms with Crippen LogP contribution in [-0.4, -0.2) is 4.98 Å². The summed E-state index contributed by atoms with van der Waals surface area (Å²) in [4.78, 5) is 4.37. The number of hydrogen-bond donors (Lipinski definition) is 1. The van der Waals surface area contributed by atoms with E-state index in [4.69, 9.17) is 12.2 Å². The van der Waals surface area contributed by atoms with Crippen molar-refractivity contribution in [3.63, 3.8) is 0 Å². The van der Waals surface area contributed by atoms with Crippen LogP contribution in [0.2, 0.25) is 0 Å². The van der Waals surface area contributed by atoms with E-state index in [1.54, 1.807) is 0 Å². The summed E-state index contributed by atoms with van der Waals surface area (Å²) in [6.45, 7) is 4.00. The van der Waals surface area contributed by atoms with Gasteiger partial charge >= 0.3 is 0 Å². The molecule has 0 aliphatic carbocycles. The van der Waals surface area contributed by atoms with Crippen LogP contribution < -0.4 is 5.73 Å². The Hall–Kier alpha value is -1.33. The van der Waals surface area contributed by atoms with Gasteiger partial charge in [0, 0.05) is 12.1 Å². The van der Waals surface area contributed by atoms with Crippen molar-refractivity contribution < 1.29 is 0 Å². The van der Waals surface area contributed by atoms with Gasteiger partial charge in [0.25, 0.3) is 0 Å². The molecule has 1 aromatic heterocycles. The van der Waals surface area contributed by atoms with Crippen molar-refractivity contribution in [2.24, 2.45) is 5.73 Å². The average Bonchev–Trinajstić information content (AvgIpc) is 2.10. The second-order valence-corrected chi connectivity index (χ2v) is 3.15. The molecule has 2 heteroatoms. The summed E-state index contributed by atoms with van der Waals surface area (Å²) in [6, 6.07) is 3.82. The van der Waals surface area contributed by atoms with Crippen LogP contribution in [0.25, 0.3) is 0 Å². The minimum absolute atomic E-state index is 0.135. The third-order valence-electron chi connectivity index (χ3n) is 2.09. The van der Waals surface area contributed by atoms with Crippen LogP contribution in [0.3, 0.4) is 0 Å². The van der Waals surface area contributed by atoms with Crippen LogP contribution in [-0.2, 0) is 0 Å². The van der Waals surface area contributed by atoms with E-state index in [0.29, 0.717) is 6.42 Å². The molecule has 1 unspecified atom stereocenters. The molecule has 1 aromatic rings. The topological polar surface area (TPSA) is 38.9 Å². The summed E-state index contributed by atoms with van der Waals surface area (Å²) in [5.74, 6) is 2.54. The molecule has 1 atom stereocenters. The smallest absolute Gasteiger partial charge is 0.0584 e. The molecular weight excluding hydrogens is 160 g/mol. The summed E-state index contributed by atoms with van der Waals surface area (Å²) in [7, 11) is 0. The molecule has 1 rings (SSSR count). The number of pyridine rings is 1. The normalized spacial score (nSPS) is 12.2. The van der Waals surface area contributed by atoms with Crippen LogP contribution in [0.5, 0.6) is 0 Å². The molecule has 2 N–H and O–H groups in total. The molecule has 13 heavy (non-hydrogen) atoms. The molecule has 0 saturated heterocycles. The molecule has 0 aliphatic rings. The number of terminal acetylenes is 1. The lowest BCUT2D eigenvalue weighted by atomic mass is 10.1. The summed E-state index contributed by atoms with van der Waals surface area (Å²) in [6.07, 6.45) is 5.71. The van der Waals surface area contributed by atoms with Gasteiger partial charge in [0.05, 0.1) is 11.7 Å². The quantitative estimate of drug-likeness (QED) is 0.693. The van der Waals surface area contributed by atoms with Gasteiger partial charge in [-0.3, -0.25) is 4.98 Å². The monoisotopic (exact) mass is 174 g/mol. The van der Waals surface area contributed by atoms with E-state index in [2.05, 4.69) is 10.9 Å². The zero-order valence-electron chi connectivity index (χ0n) is 8.04. The van der Waals surface area contributed by atoms with Gasteiger partial charge in [-0.2, -0.15) is 0 Å². The highest BCUT2D eigenvalue weighted by molar-refractivity contribution is 5.22. The molecule has 0 fully saturated rings. The van der Waals surface area contributed by atoms with Crippen LogP contribution in [0.1, 0.15) is 29.4 Å². The Balaban J connectivity index is 2.91. The van der Waals surface area contributed by atoms with Crippen molar-refractivity contribution in [2.45, 2.75) is 26.3 Å². The van der Waals surface area contributed by atoms with E-state index >= 15 is 0 Å². The van der Waals surface area contributed by atoms with Gasteiger partial charge in [-0.15, -0.1) is 12.3 Å². The Bertz CT molecular complexity index is 336. The van der Waals surface area contributed by atoms with Crippen molar-refractivity contribution >= 4 is 0 Å². The summed E-state index contributed by atoms with van der Waals surface area (Å²) < 4.78 is 0. The third kappa shape index (κ3) is 2.30. The maximum atomic E-state index is 5.82. The van der Waals surface area contributed by atoms with Gasteiger partial charge in [0.2, 0.25) is 0 Å². The van der Waals surface area contributed by atoms with Gasteiger partial charge in [-0.05, 0) is 25.5 Å². The highest BCUT2D eigenvalue weighted by atomic mass is 14.8. The molecule has 0 amide bonds. The number of rotatable bonds is 2. The number of hydrogen-bond acceptors (Lipinski definition) is 2. The molecule has 0 radical (unpaired) electrons. The van der Waals surface area contributed by atoms with E-state index in [1.165, 1.54) is 5.56 Å². The van der Waals surface area contributed by atoms with Crippen molar-refractivity contribution in [3.8, 4) is 12.3 Å². The van der Waals surface area contributed by atoms with Gasteiger partial charge < -0.3 is 5.73 Å². The van der Waals surface area contributed by atoms with Crippen molar-refractivity contribution in [2.75, 3.05) is 0 Å². The summed E-state index contributed by atoms with van der Waals surface area (Å²) >= 11 is 0. The van der Waals surface area contributed by atoms with Crippen LogP contribution in [0.4, 0.5) is 0 Å². The predicted molar refractivity (Wildman–Crippen MR) is 54.1 cm³/mol. The maximum absolute atomic E-state index is 5.82. The highest BCUT2D eigenvalue weighted by Gasteiger charge is 2.06. The first-order valence-electron chi connectivity index (χ1n) is 4.28. The number of nitrogens with two attached hydrogens (primary N) is 1. The standard InChI is InChI=1S/C11H14N2/c1-4-5-10(12)11-7-6-8(2)9(3)13-11/h1,6-7,10H,5,12H2,2-3H3. The number of aryl methyl sites for hydroxylation is 2. The molecule has 0 bridgehead atoms. The van der Waals surface area contributed by atoms with Crippen molar-refractivity contribution in [1.82, 2.24) is 4.98 Å².